The number of pyridine rings is 1. The Kier molecular flexibility index (Phi) is 5.07. The lowest BCUT2D eigenvalue weighted by Gasteiger charge is -2.08. The molecule has 1 heterocycles. The third-order valence-corrected chi connectivity index (χ3v) is 4.12. The number of ketones is 1. The third-order valence-electron chi connectivity index (χ3n) is 2.55. The molecule has 0 bridgehead atoms. The fourth-order valence-corrected chi connectivity index (χ4v) is 3.29. The first-order valence-corrected chi connectivity index (χ1v) is 7.76. The Morgan fingerprint density at radius 1 is 1.20 bits per heavy atom. The summed E-state index contributed by atoms with van der Waals surface area (Å²) in [7, 11) is 0. The van der Waals surface area contributed by atoms with Gasteiger partial charge in [0.15, 0.2) is 5.78 Å². The number of Topliss-reactive ketones (excluding diaryl/α,β-unsaturated/α-hetero) is 1. The molecule has 1 aromatic carbocycles. The fourth-order valence-electron chi connectivity index (χ4n) is 1.63. The van der Waals surface area contributed by atoms with Crippen molar-refractivity contribution in [1.82, 2.24) is 4.57 Å². The molecular formula is C13H7Br2Cl2NO2. The molecule has 0 aliphatic rings. The maximum Gasteiger partial charge on any atom is 0.265 e. The fraction of sp³-hybridized carbons (Fsp3) is 0.0769. The SMILES string of the molecule is O=C(Cn1cc(Br)cc(Br)c1=O)c1cc(Cl)ccc1Cl. The van der Waals surface area contributed by atoms with Crippen molar-refractivity contribution in [2.24, 2.45) is 0 Å². The van der Waals surface area contributed by atoms with Crippen LogP contribution in [-0.4, -0.2) is 10.4 Å². The van der Waals surface area contributed by atoms with Crippen LogP contribution in [0.2, 0.25) is 10.0 Å². The maximum absolute atomic E-state index is 12.2. The van der Waals surface area contributed by atoms with Gasteiger partial charge in [-0.05, 0) is 56.1 Å². The molecule has 20 heavy (non-hydrogen) atoms. The molecule has 2 rings (SSSR count). The monoisotopic (exact) mass is 437 g/mol. The Labute approximate surface area is 141 Å². The first-order valence-electron chi connectivity index (χ1n) is 5.42. The van der Waals surface area contributed by atoms with Crippen molar-refractivity contribution in [3.05, 3.63) is 65.4 Å². The molecule has 0 fully saturated rings. The minimum Gasteiger partial charge on any atom is -0.306 e. The van der Waals surface area contributed by atoms with Gasteiger partial charge in [0, 0.05) is 21.3 Å². The minimum atomic E-state index is -0.292. The number of benzene rings is 1. The first-order chi connectivity index (χ1) is 9.38. The van der Waals surface area contributed by atoms with Gasteiger partial charge in [-0.25, -0.2) is 0 Å². The molecule has 0 aliphatic heterocycles. The standard InChI is InChI=1S/C13H7Br2Cl2NO2/c14-7-3-10(15)13(20)18(5-7)6-12(19)9-4-8(16)1-2-11(9)17/h1-5H,6H2. The van der Waals surface area contributed by atoms with E-state index in [1.165, 1.54) is 10.6 Å². The summed E-state index contributed by atoms with van der Waals surface area (Å²) in [5, 5.41) is 0.724. The van der Waals surface area contributed by atoms with Gasteiger partial charge >= 0.3 is 0 Å². The number of aromatic nitrogens is 1. The second kappa shape index (κ2) is 6.43. The number of carbonyl (C=O) groups excluding carboxylic acids is 1. The molecule has 0 aliphatic carbocycles. The highest BCUT2D eigenvalue weighted by Gasteiger charge is 2.13. The Morgan fingerprint density at radius 2 is 1.90 bits per heavy atom. The number of nitrogens with zero attached hydrogens (tertiary/aromatic N) is 1. The number of hydrogen-bond acceptors (Lipinski definition) is 2. The second-order valence-corrected chi connectivity index (χ2v) is 6.60. The van der Waals surface area contributed by atoms with Crippen LogP contribution < -0.4 is 5.56 Å². The van der Waals surface area contributed by atoms with Crippen LogP contribution in [0, 0.1) is 0 Å². The Morgan fingerprint density at radius 3 is 2.60 bits per heavy atom. The van der Waals surface area contributed by atoms with Crippen LogP contribution >= 0.6 is 55.1 Å². The van der Waals surface area contributed by atoms with Crippen LogP contribution in [0.25, 0.3) is 0 Å². The van der Waals surface area contributed by atoms with Crippen molar-refractivity contribution < 1.29 is 4.79 Å². The normalized spacial score (nSPS) is 10.6. The summed E-state index contributed by atoms with van der Waals surface area (Å²) in [6, 6.07) is 6.26. The minimum absolute atomic E-state index is 0.114. The van der Waals surface area contributed by atoms with E-state index in [0.29, 0.717) is 24.6 Å². The maximum atomic E-state index is 12.2. The van der Waals surface area contributed by atoms with Crippen molar-refractivity contribution in [1.29, 1.82) is 0 Å². The lowest BCUT2D eigenvalue weighted by molar-refractivity contribution is 0.0971. The van der Waals surface area contributed by atoms with Crippen LogP contribution in [-0.2, 0) is 6.54 Å². The molecule has 0 unspecified atom stereocenters. The van der Waals surface area contributed by atoms with E-state index in [9.17, 15) is 9.59 Å². The summed E-state index contributed by atoms with van der Waals surface area (Å²) >= 11 is 18.2. The quantitative estimate of drug-likeness (QED) is 0.657. The van der Waals surface area contributed by atoms with Crippen molar-refractivity contribution in [3.63, 3.8) is 0 Å². The van der Waals surface area contributed by atoms with E-state index in [1.807, 2.05) is 0 Å². The lowest BCUT2D eigenvalue weighted by atomic mass is 10.1. The summed E-state index contributed by atoms with van der Waals surface area (Å²) in [4.78, 5) is 24.2. The average molecular weight is 440 g/mol. The van der Waals surface area contributed by atoms with Gasteiger partial charge in [-0.15, -0.1) is 0 Å². The molecule has 2 aromatic rings. The summed E-state index contributed by atoms with van der Waals surface area (Å²) in [5.74, 6) is -0.287. The molecular weight excluding hydrogens is 433 g/mol. The van der Waals surface area contributed by atoms with Crippen LogP contribution in [0.15, 0.2) is 44.2 Å². The molecule has 104 valence electrons. The summed E-state index contributed by atoms with van der Waals surface area (Å²) < 4.78 is 2.36. The summed E-state index contributed by atoms with van der Waals surface area (Å²) in [6.45, 7) is -0.114. The zero-order chi connectivity index (χ0) is 14.9. The number of carbonyl (C=O) groups is 1. The van der Waals surface area contributed by atoms with E-state index < -0.39 is 0 Å². The number of hydrogen-bond donors (Lipinski definition) is 0. The van der Waals surface area contributed by atoms with E-state index in [4.69, 9.17) is 23.2 Å². The highest BCUT2D eigenvalue weighted by atomic mass is 79.9. The van der Waals surface area contributed by atoms with Crippen LogP contribution in [0.4, 0.5) is 0 Å². The van der Waals surface area contributed by atoms with E-state index in [2.05, 4.69) is 31.9 Å². The molecule has 0 atom stereocenters. The molecule has 0 N–H and O–H groups in total. The van der Waals surface area contributed by atoms with E-state index >= 15 is 0 Å². The average Bonchev–Trinajstić information content (AvgIpc) is 2.38. The van der Waals surface area contributed by atoms with Crippen LogP contribution in [0.3, 0.4) is 0 Å². The third kappa shape index (κ3) is 3.52. The van der Waals surface area contributed by atoms with E-state index in [-0.39, 0.29) is 17.9 Å². The Bertz CT molecular complexity index is 744. The molecule has 0 spiro atoms. The molecule has 3 nitrogen and oxygen atoms in total. The lowest BCUT2D eigenvalue weighted by Crippen LogP contribution is -2.24. The smallest absolute Gasteiger partial charge is 0.265 e. The molecule has 0 saturated carbocycles. The van der Waals surface area contributed by atoms with Gasteiger partial charge in [0.25, 0.3) is 5.56 Å². The molecule has 1 aromatic heterocycles. The molecule has 0 radical (unpaired) electrons. The first kappa shape index (κ1) is 15.8. The summed E-state index contributed by atoms with van der Waals surface area (Å²) in [6.07, 6.45) is 1.55. The Balaban J connectivity index is 2.38. The van der Waals surface area contributed by atoms with Crippen LogP contribution in [0.1, 0.15) is 10.4 Å². The van der Waals surface area contributed by atoms with Gasteiger partial charge in [-0.3, -0.25) is 9.59 Å². The van der Waals surface area contributed by atoms with Crippen LogP contribution in [0.5, 0.6) is 0 Å². The van der Waals surface area contributed by atoms with Gasteiger partial charge in [-0.1, -0.05) is 23.2 Å². The van der Waals surface area contributed by atoms with Crippen molar-refractivity contribution in [2.45, 2.75) is 6.54 Å². The Hall–Kier alpha value is -0.620. The highest BCUT2D eigenvalue weighted by Crippen LogP contribution is 2.21. The zero-order valence-electron chi connectivity index (χ0n) is 9.87. The predicted octanol–water partition coefficient (Wildman–Crippen LogP) is 4.56. The highest BCUT2D eigenvalue weighted by molar-refractivity contribution is 9.11. The van der Waals surface area contributed by atoms with Gasteiger partial charge in [0.1, 0.15) is 0 Å². The predicted molar refractivity (Wildman–Crippen MR) is 86.9 cm³/mol. The van der Waals surface area contributed by atoms with Gasteiger partial charge in [0.05, 0.1) is 16.0 Å². The molecule has 0 amide bonds. The van der Waals surface area contributed by atoms with Gasteiger partial charge in [-0.2, -0.15) is 0 Å². The van der Waals surface area contributed by atoms with E-state index in [0.717, 1.165) is 0 Å². The van der Waals surface area contributed by atoms with Crippen molar-refractivity contribution in [3.8, 4) is 0 Å². The second-order valence-electron chi connectivity index (χ2n) is 3.99. The van der Waals surface area contributed by atoms with Gasteiger partial charge < -0.3 is 4.57 Å². The largest absolute Gasteiger partial charge is 0.306 e. The number of rotatable bonds is 3. The zero-order valence-corrected chi connectivity index (χ0v) is 14.6. The topological polar surface area (TPSA) is 39.1 Å². The van der Waals surface area contributed by atoms with Crippen molar-refractivity contribution >= 4 is 60.8 Å². The number of halogens is 4. The molecule has 0 saturated heterocycles. The van der Waals surface area contributed by atoms with Gasteiger partial charge in [0.2, 0.25) is 0 Å². The molecule has 7 heteroatoms. The van der Waals surface area contributed by atoms with E-state index in [1.54, 1.807) is 24.4 Å². The summed E-state index contributed by atoms with van der Waals surface area (Å²) in [5.41, 5.74) is 0.00173. The van der Waals surface area contributed by atoms with Crippen molar-refractivity contribution in [2.75, 3.05) is 0 Å².